The first-order valence-electron chi connectivity index (χ1n) is 6.82. The normalized spacial score (nSPS) is 10.0. The van der Waals surface area contributed by atoms with Crippen LogP contribution in [0, 0.1) is 0 Å². The molecule has 0 saturated heterocycles. The number of hydrogen-bond donors (Lipinski definition) is 1. The molecule has 2 rings (SSSR count). The number of aromatic hydroxyl groups is 1. The number of methoxy groups -OCH3 is 2. The molecule has 23 heavy (non-hydrogen) atoms. The van der Waals surface area contributed by atoms with Crippen molar-refractivity contribution in [2.24, 2.45) is 0 Å². The molecule has 2 aromatic rings. The minimum absolute atomic E-state index is 0.102. The van der Waals surface area contributed by atoms with Gasteiger partial charge in [0.15, 0.2) is 0 Å². The first-order chi connectivity index (χ1) is 11.0. The second-order valence-electron chi connectivity index (χ2n) is 4.76. The van der Waals surface area contributed by atoms with E-state index in [0.717, 1.165) is 0 Å². The van der Waals surface area contributed by atoms with Gasteiger partial charge < -0.3 is 19.5 Å². The summed E-state index contributed by atoms with van der Waals surface area (Å²) in [5, 5.41) is 9.81. The van der Waals surface area contributed by atoms with Crippen LogP contribution in [-0.2, 0) is 4.74 Å². The number of carbonyl (C=O) groups excluding carboxylic acids is 2. The van der Waals surface area contributed by atoms with Gasteiger partial charge in [0.1, 0.15) is 11.5 Å². The molecule has 0 aliphatic carbocycles. The van der Waals surface area contributed by atoms with E-state index < -0.39 is 11.9 Å². The summed E-state index contributed by atoms with van der Waals surface area (Å²) < 4.78 is 9.91. The highest BCUT2D eigenvalue weighted by Crippen LogP contribution is 2.31. The lowest BCUT2D eigenvalue weighted by molar-refractivity contribution is 0.0600. The third kappa shape index (κ3) is 3.26. The third-order valence-electron chi connectivity index (χ3n) is 3.40. The van der Waals surface area contributed by atoms with Crippen molar-refractivity contribution < 1.29 is 24.2 Å². The number of carbonyl (C=O) groups is 2. The monoisotopic (exact) mass is 315 g/mol. The number of phenolic OH excluding ortho intramolecular Hbond substituents is 1. The number of esters is 1. The van der Waals surface area contributed by atoms with E-state index >= 15 is 0 Å². The first-order valence-corrected chi connectivity index (χ1v) is 6.82. The van der Waals surface area contributed by atoms with Crippen LogP contribution in [0.4, 0.5) is 5.69 Å². The largest absolute Gasteiger partial charge is 0.507 e. The quantitative estimate of drug-likeness (QED) is 0.877. The standard InChI is InChI=1S/C17H17NO5/c1-18(16(20)12-6-4-5-7-14(12)19)13-9-8-11(17(21)23-3)10-15(13)22-2/h4-10,19H,1-3H3. The molecule has 0 aromatic heterocycles. The summed E-state index contributed by atoms with van der Waals surface area (Å²) in [5.41, 5.74) is 0.957. The van der Waals surface area contributed by atoms with Crippen LogP contribution in [0.1, 0.15) is 20.7 Å². The summed E-state index contributed by atoms with van der Waals surface area (Å²) in [5.74, 6) is -0.648. The molecule has 0 fully saturated rings. The topological polar surface area (TPSA) is 76.1 Å². The molecule has 0 aliphatic rings. The number of amides is 1. The van der Waals surface area contributed by atoms with Crippen molar-refractivity contribution in [3.05, 3.63) is 53.6 Å². The van der Waals surface area contributed by atoms with Gasteiger partial charge in [-0.1, -0.05) is 12.1 Å². The van der Waals surface area contributed by atoms with E-state index in [4.69, 9.17) is 4.74 Å². The molecule has 0 radical (unpaired) electrons. The van der Waals surface area contributed by atoms with Gasteiger partial charge in [0, 0.05) is 7.05 Å². The Labute approximate surface area is 133 Å². The highest BCUT2D eigenvalue weighted by molar-refractivity contribution is 6.08. The predicted molar refractivity (Wildman–Crippen MR) is 85.2 cm³/mol. The van der Waals surface area contributed by atoms with Crippen molar-refractivity contribution in [3.8, 4) is 11.5 Å². The van der Waals surface area contributed by atoms with Gasteiger partial charge in [-0.15, -0.1) is 0 Å². The Bertz CT molecular complexity index is 742. The van der Waals surface area contributed by atoms with Crippen LogP contribution < -0.4 is 9.64 Å². The average Bonchev–Trinajstić information content (AvgIpc) is 2.59. The molecule has 0 unspecified atom stereocenters. The van der Waals surface area contributed by atoms with Crippen molar-refractivity contribution >= 4 is 17.6 Å². The molecule has 0 saturated carbocycles. The second kappa shape index (κ2) is 6.83. The van der Waals surface area contributed by atoms with Crippen molar-refractivity contribution in [2.75, 3.05) is 26.2 Å². The lowest BCUT2D eigenvalue weighted by Crippen LogP contribution is -2.26. The molecule has 0 heterocycles. The van der Waals surface area contributed by atoms with E-state index in [9.17, 15) is 14.7 Å². The molecule has 6 heteroatoms. The summed E-state index contributed by atoms with van der Waals surface area (Å²) >= 11 is 0. The maximum Gasteiger partial charge on any atom is 0.337 e. The zero-order chi connectivity index (χ0) is 17.0. The Morgan fingerprint density at radius 2 is 1.78 bits per heavy atom. The van der Waals surface area contributed by atoms with Gasteiger partial charge >= 0.3 is 5.97 Å². The summed E-state index contributed by atoms with van der Waals surface area (Å²) in [7, 11) is 4.29. The van der Waals surface area contributed by atoms with Crippen LogP contribution >= 0.6 is 0 Å². The molecular formula is C17H17NO5. The third-order valence-corrected chi connectivity index (χ3v) is 3.40. The Morgan fingerprint density at radius 3 is 2.39 bits per heavy atom. The maximum absolute atomic E-state index is 12.5. The van der Waals surface area contributed by atoms with Crippen molar-refractivity contribution in [1.82, 2.24) is 0 Å². The van der Waals surface area contributed by atoms with E-state index in [1.165, 1.54) is 43.4 Å². The van der Waals surface area contributed by atoms with E-state index in [-0.39, 0.29) is 11.3 Å². The van der Waals surface area contributed by atoms with Crippen LogP contribution in [0.25, 0.3) is 0 Å². The number of hydrogen-bond acceptors (Lipinski definition) is 5. The maximum atomic E-state index is 12.5. The van der Waals surface area contributed by atoms with Crippen LogP contribution in [0.2, 0.25) is 0 Å². The number of rotatable bonds is 4. The van der Waals surface area contributed by atoms with Gasteiger partial charge in [0.2, 0.25) is 0 Å². The summed E-state index contributed by atoms with van der Waals surface area (Å²) in [6, 6.07) is 10.9. The number of nitrogens with zero attached hydrogens (tertiary/aromatic N) is 1. The van der Waals surface area contributed by atoms with E-state index in [1.807, 2.05) is 0 Å². The van der Waals surface area contributed by atoms with Gasteiger partial charge in [-0.2, -0.15) is 0 Å². The fraction of sp³-hybridized carbons (Fsp3) is 0.176. The van der Waals surface area contributed by atoms with E-state index in [0.29, 0.717) is 17.0 Å². The molecule has 0 spiro atoms. The zero-order valence-electron chi connectivity index (χ0n) is 13.1. The number of ether oxygens (including phenoxy) is 2. The van der Waals surface area contributed by atoms with Crippen molar-refractivity contribution in [3.63, 3.8) is 0 Å². The van der Waals surface area contributed by atoms with Crippen LogP contribution in [0.15, 0.2) is 42.5 Å². The Hall–Kier alpha value is -3.02. The molecule has 120 valence electrons. The van der Waals surface area contributed by atoms with Crippen molar-refractivity contribution in [1.29, 1.82) is 0 Å². The summed E-state index contributed by atoms with van der Waals surface area (Å²) in [6.45, 7) is 0. The molecule has 0 bridgehead atoms. The molecule has 0 atom stereocenters. The Morgan fingerprint density at radius 1 is 1.09 bits per heavy atom. The molecular weight excluding hydrogens is 298 g/mol. The van der Waals surface area contributed by atoms with Gasteiger partial charge in [0.05, 0.1) is 31.0 Å². The molecule has 6 nitrogen and oxygen atoms in total. The Balaban J connectivity index is 2.39. The first kappa shape index (κ1) is 16.4. The van der Waals surface area contributed by atoms with Gasteiger partial charge in [-0.25, -0.2) is 4.79 Å². The fourth-order valence-electron chi connectivity index (χ4n) is 2.14. The smallest absolute Gasteiger partial charge is 0.337 e. The summed E-state index contributed by atoms with van der Waals surface area (Å²) in [4.78, 5) is 25.4. The average molecular weight is 315 g/mol. The summed E-state index contributed by atoms with van der Waals surface area (Å²) in [6.07, 6.45) is 0. The molecule has 0 aliphatic heterocycles. The van der Waals surface area contributed by atoms with E-state index in [2.05, 4.69) is 4.74 Å². The van der Waals surface area contributed by atoms with Gasteiger partial charge in [-0.3, -0.25) is 4.79 Å². The highest BCUT2D eigenvalue weighted by Gasteiger charge is 2.20. The predicted octanol–water partition coefficient (Wildman–Crippen LogP) is 2.46. The molecule has 1 amide bonds. The van der Waals surface area contributed by atoms with E-state index in [1.54, 1.807) is 25.2 Å². The van der Waals surface area contributed by atoms with Crippen molar-refractivity contribution in [2.45, 2.75) is 0 Å². The van der Waals surface area contributed by atoms with Crippen LogP contribution in [0.3, 0.4) is 0 Å². The molecule has 2 aromatic carbocycles. The number of anilines is 1. The number of para-hydroxylation sites is 1. The van der Waals surface area contributed by atoms with Crippen LogP contribution in [0.5, 0.6) is 11.5 Å². The van der Waals surface area contributed by atoms with Gasteiger partial charge in [-0.05, 0) is 30.3 Å². The number of benzene rings is 2. The minimum atomic E-state index is -0.496. The Kier molecular flexibility index (Phi) is 4.85. The fourth-order valence-corrected chi connectivity index (χ4v) is 2.14. The lowest BCUT2D eigenvalue weighted by atomic mass is 10.1. The lowest BCUT2D eigenvalue weighted by Gasteiger charge is -2.21. The zero-order valence-corrected chi connectivity index (χ0v) is 13.1. The number of phenols is 1. The van der Waals surface area contributed by atoms with Crippen LogP contribution in [-0.4, -0.2) is 38.3 Å². The molecule has 1 N–H and O–H groups in total. The second-order valence-corrected chi connectivity index (χ2v) is 4.76. The SMILES string of the molecule is COC(=O)c1ccc(N(C)C(=O)c2ccccc2O)c(OC)c1. The van der Waals surface area contributed by atoms with Gasteiger partial charge in [0.25, 0.3) is 5.91 Å². The minimum Gasteiger partial charge on any atom is -0.507 e. The highest BCUT2D eigenvalue weighted by atomic mass is 16.5.